The number of halogens is 1. The summed E-state index contributed by atoms with van der Waals surface area (Å²) < 4.78 is 5.59. The molecule has 0 aliphatic carbocycles. The molecular weight excluding hydrogens is 320 g/mol. The maximum absolute atomic E-state index is 12.3. The highest BCUT2D eigenvalue weighted by molar-refractivity contribution is 7.14. The smallest absolute Gasteiger partial charge is 0.256 e. The Hall–Kier alpha value is -1.85. The van der Waals surface area contributed by atoms with Gasteiger partial charge in [-0.05, 0) is 30.2 Å². The zero-order valence-corrected chi connectivity index (χ0v) is 13.8. The first-order valence-electron chi connectivity index (χ1n) is 6.92. The molecule has 0 saturated carbocycles. The minimum absolute atomic E-state index is 0.199. The number of rotatable bonds is 3. The zero-order valence-electron chi connectivity index (χ0n) is 12.2. The van der Waals surface area contributed by atoms with Gasteiger partial charge in [0.15, 0.2) is 5.13 Å². The number of benzene rings is 1. The first-order chi connectivity index (χ1) is 10.5. The Balaban J connectivity index is 1.77. The zero-order chi connectivity index (χ0) is 15.7. The first-order valence-corrected chi connectivity index (χ1v) is 8.18. The number of carbonyl (C=O) groups is 1. The number of carbonyl (C=O) groups excluding carboxylic acids is 1. The molecule has 114 valence electrons. The minimum Gasteiger partial charge on any atom is -0.488 e. The molecule has 6 heteroatoms. The van der Waals surface area contributed by atoms with Gasteiger partial charge in [-0.2, -0.15) is 0 Å². The van der Waals surface area contributed by atoms with Gasteiger partial charge in [0.05, 0.1) is 11.3 Å². The predicted octanol–water partition coefficient (Wildman–Crippen LogP) is 4.33. The van der Waals surface area contributed by atoms with Crippen LogP contribution in [-0.4, -0.2) is 17.5 Å². The van der Waals surface area contributed by atoms with Crippen molar-refractivity contribution in [1.29, 1.82) is 0 Å². The molecule has 0 atom stereocenters. The third-order valence-corrected chi connectivity index (χ3v) is 4.32. The van der Waals surface area contributed by atoms with Gasteiger partial charge in [0.1, 0.15) is 12.4 Å². The number of nitrogens with zero attached hydrogens (tertiary/aromatic N) is 1. The van der Waals surface area contributed by atoms with Crippen molar-refractivity contribution in [3.8, 4) is 5.75 Å². The second kappa shape index (κ2) is 6.10. The highest BCUT2D eigenvalue weighted by atomic mass is 35.5. The molecule has 0 bridgehead atoms. The fraction of sp³-hybridized carbons (Fsp3) is 0.250. The van der Waals surface area contributed by atoms with Crippen LogP contribution < -0.4 is 10.1 Å². The van der Waals surface area contributed by atoms with Crippen molar-refractivity contribution in [2.45, 2.75) is 19.8 Å². The molecule has 0 unspecified atom stereocenters. The van der Waals surface area contributed by atoms with E-state index >= 15 is 0 Å². The van der Waals surface area contributed by atoms with E-state index in [1.807, 2.05) is 5.38 Å². The van der Waals surface area contributed by atoms with Crippen molar-refractivity contribution >= 4 is 40.1 Å². The molecule has 2 heterocycles. The monoisotopic (exact) mass is 334 g/mol. The molecule has 0 spiro atoms. The van der Waals surface area contributed by atoms with E-state index < -0.39 is 0 Å². The average molecular weight is 335 g/mol. The second-order valence-electron chi connectivity index (χ2n) is 5.33. The summed E-state index contributed by atoms with van der Waals surface area (Å²) in [6, 6.07) is 5.35. The van der Waals surface area contributed by atoms with E-state index in [0.29, 0.717) is 21.6 Å². The molecule has 0 radical (unpaired) electrons. The fourth-order valence-electron chi connectivity index (χ4n) is 2.07. The summed E-state index contributed by atoms with van der Waals surface area (Å²) >= 11 is 7.40. The fourth-order valence-corrected chi connectivity index (χ4v) is 3.11. The van der Waals surface area contributed by atoms with E-state index in [2.05, 4.69) is 24.1 Å². The lowest BCUT2D eigenvalue weighted by Gasteiger charge is -2.17. The van der Waals surface area contributed by atoms with E-state index in [1.165, 1.54) is 11.3 Å². The summed E-state index contributed by atoms with van der Waals surface area (Å²) in [5.41, 5.74) is 2.34. The number of nitrogens with one attached hydrogen (secondary N) is 1. The molecule has 3 rings (SSSR count). The van der Waals surface area contributed by atoms with Gasteiger partial charge in [0, 0.05) is 16.0 Å². The summed E-state index contributed by atoms with van der Waals surface area (Å²) in [6.45, 7) is 4.38. The Kier molecular flexibility index (Phi) is 4.18. The number of amides is 1. The van der Waals surface area contributed by atoms with Crippen LogP contribution >= 0.6 is 22.9 Å². The van der Waals surface area contributed by atoms with Crippen molar-refractivity contribution in [3.05, 3.63) is 45.4 Å². The van der Waals surface area contributed by atoms with E-state index in [4.69, 9.17) is 16.3 Å². The molecule has 1 aromatic carbocycles. The molecule has 0 saturated heterocycles. The number of ether oxygens (including phenoxy) is 1. The minimum atomic E-state index is -0.199. The average Bonchev–Trinajstić information content (AvgIpc) is 2.95. The lowest BCUT2D eigenvalue weighted by molar-refractivity contribution is -0.113. The molecule has 1 N–H and O–H groups in total. The van der Waals surface area contributed by atoms with E-state index in [1.54, 1.807) is 24.3 Å². The molecular formula is C16H15ClN2O2S. The number of thiazole rings is 1. The van der Waals surface area contributed by atoms with Gasteiger partial charge in [-0.15, -0.1) is 11.3 Å². The molecule has 1 aliphatic rings. The van der Waals surface area contributed by atoms with E-state index in [0.717, 1.165) is 17.0 Å². The molecule has 1 aliphatic heterocycles. The van der Waals surface area contributed by atoms with Gasteiger partial charge in [-0.1, -0.05) is 25.4 Å². The van der Waals surface area contributed by atoms with Crippen LogP contribution in [0.15, 0.2) is 29.2 Å². The van der Waals surface area contributed by atoms with Crippen LogP contribution in [0.4, 0.5) is 5.13 Å². The highest BCUT2D eigenvalue weighted by Crippen LogP contribution is 2.29. The lowest BCUT2D eigenvalue weighted by Crippen LogP contribution is -2.21. The quantitative estimate of drug-likeness (QED) is 0.908. The summed E-state index contributed by atoms with van der Waals surface area (Å²) in [5, 5.41) is 5.99. The third kappa shape index (κ3) is 3.15. The first kappa shape index (κ1) is 15.1. The standard InChI is InChI=1S/C16H15ClN2O2S/c1-9(2)13-8-22-16(18-13)19-15(20)11-5-10-6-12(17)3-4-14(10)21-7-11/h3-6,8-9H,7H2,1-2H3,(H,18,19,20). The van der Waals surface area contributed by atoms with Crippen molar-refractivity contribution < 1.29 is 9.53 Å². The van der Waals surface area contributed by atoms with Gasteiger partial charge in [0.25, 0.3) is 5.91 Å². The lowest BCUT2D eigenvalue weighted by atomic mass is 10.1. The van der Waals surface area contributed by atoms with Crippen LogP contribution in [0.3, 0.4) is 0 Å². The van der Waals surface area contributed by atoms with Gasteiger partial charge in [-0.3, -0.25) is 10.1 Å². The molecule has 1 amide bonds. The Morgan fingerprint density at radius 2 is 2.27 bits per heavy atom. The predicted molar refractivity (Wildman–Crippen MR) is 89.8 cm³/mol. The van der Waals surface area contributed by atoms with Crippen molar-refractivity contribution in [3.63, 3.8) is 0 Å². The summed E-state index contributed by atoms with van der Waals surface area (Å²) in [6.07, 6.45) is 1.80. The van der Waals surface area contributed by atoms with Gasteiger partial charge in [0.2, 0.25) is 0 Å². The number of anilines is 1. The Morgan fingerprint density at radius 1 is 1.45 bits per heavy atom. The van der Waals surface area contributed by atoms with Crippen molar-refractivity contribution in [1.82, 2.24) is 4.98 Å². The van der Waals surface area contributed by atoms with Crippen LogP contribution in [0, 0.1) is 0 Å². The van der Waals surface area contributed by atoms with Gasteiger partial charge < -0.3 is 4.74 Å². The maximum Gasteiger partial charge on any atom is 0.256 e. The van der Waals surface area contributed by atoms with Crippen LogP contribution in [-0.2, 0) is 4.79 Å². The Labute approximate surface area is 137 Å². The largest absolute Gasteiger partial charge is 0.488 e. The molecule has 0 fully saturated rings. The topological polar surface area (TPSA) is 51.2 Å². The molecule has 4 nitrogen and oxygen atoms in total. The number of fused-ring (bicyclic) bond motifs is 1. The summed E-state index contributed by atoms with van der Waals surface area (Å²) in [7, 11) is 0. The van der Waals surface area contributed by atoms with Crippen molar-refractivity contribution in [2.75, 3.05) is 11.9 Å². The number of hydrogen-bond donors (Lipinski definition) is 1. The number of hydrogen-bond acceptors (Lipinski definition) is 4. The third-order valence-electron chi connectivity index (χ3n) is 3.31. The van der Waals surface area contributed by atoms with Gasteiger partial charge >= 0.3 is 0 Å². The second-order valence-corrected chi connectivity index (χ2v) is 6.62. The summed E-state index contributed by atoms with van der Waals surface area (Å²) in [4.78, 5) is 16.7. The maximum atomic E-state index is 12.3. The van der Waals surface area contributed by atoms with Crippen LogP contribution in [0.1, 0.15) is 31.0 Å². The van der Waals surface area contributed by atoms with E-state index in [9.17, 15) is 4.79 Å². The van der Waals surface area contributed by atoms with Crippen LogP contribution in [0.25, 0.3) is 6.08 Å². The van der Waals surface area contributed by atoms with Crippen molar-refractivity contribution in [2.24, 2.45) is 0 Å². The van der Waals surface area contributed by atoms with Crippen LogP contribution in [0.2, 0.25) is 5.02 Å². The van der Waals surface area contributed by atoms with Crippen LogP contribution in [0.5, 0.6) is 5.75 Å². The Morgan fingerprint density at radius 3 is 3.00 bits per heavy atom. The Bertz CT molecular complexity index is 752. The highest BCUT2D eigenvalue weighted by Gasteiger charge is 2.18. The number of aromatic nitrogens is 1. The summed E-state index contributed by atoms with van der Waals surface area (Å²) in [5.74, 6) is 0.876. The SMILES string of the molecule is CC(C)c1csc(NC(=O)C2=Cc3cc(Cl)ccc3OC2)n1. The molecule has 1 aromatic heterocycles. The molecule has 2 aromatic rings. The normalized spacial score (nSPS) is 13.4. The van der Waals surface area contributed by atoms with E-state index in [-0.39, 0.29) is 12.5 Å². The van der Waals surface area contributed by atoms with Gasteiger partial charge in [-0.25, -0.2) is 4.98 Å². The molecule has 22 heavy (non-hydrogen) atoms.